The van der Waals surface area contributed by atoms with Crippen LogP contribution in [0.15, 0.2) is 63.0 Å². The molecule has 1 spiro atoms. The van der Waals surface area contributed by atoms with Gasteiger partial charge >= 0.3 is 0 Å². The molecular formula is C40H46N2O9. The second kappa shape index (κ2) is 13.7. The van der Waals surface area contributed by atoms with Crippen molar-refractivity contribution in [3.8, 4) is 34.1 Å². The van der Waals surface area contributed by atoms with Crippen LogP contribution in [0.4, 0.5) is 0 Å². The molecule has 0 aliphatic heterocycles. The van der Waals surface area contributed by atoms with E-state index in [1.165, 1.54) is 20.3 Å². The Morgan fingerprint density at radius 2 is 1.61 bits per heavy atom. The number of aliphatic hydroxyl groups is 1. The first-order valence-electron chi connectivity index (χ1n) is 17.3. The Hall–Kier alpha value is -4.90. The average molecular weight is 699 g/mol. The summed E-state index contributed by atoms with van der Waals surface area (Å²) < 4.78 is 22.4. The number of carbonyl (C=O) groups excluding carboxylic acids is 3. The number of hydrogen-bond acceptors (Lipinski definition) is 9. The molecule has 2 atom stereocenters. The van der Waals surface area contributed by atoms with Gasteiger partial charge in [0.15, 0.2) is 23.0 Å². The van der Waals surface area contributed by atoms with E-state index in [1.54, 1.807) is 33.3 Å². The maximum atomic E-state index is 13.4. The summed E-state index contributed by atoms with van der Waals surface area (Å²) in [6, 6.07) is 6.29. The highest BCUT2D eigenvalue weighted by molar-refractivity contribution is 6.11. The lowest BCUT2D eigenvalue weighted by atomic mass is 9.67. The number of ether oxygens (including phenoxy) is 4. The van der Waals surface area contributed by atoms with Crippen molar-refractivity contribution in [1.82, 2.24) is 10.6 Å². The lowest BCUT2D eigenvalue weighted by Crippen LogP contribution is -2.49. The largest absolute Gasteiger partial charge is 0.493 e. The molecule has 4 aliphatic rings. The Morgan fingerprint density at radius 3 is 2.25 bits per heavy atom. The standard InChI is InChI=1S/C40H46N2O9/c1-21-17-26-34(22(2)40(15-16-40)39(3,47)38(26)46)27(21)20-41-32(44)9-8-10-33(45)42-28-13-11-23-18-31(49-5)36(50-6)37(51-7)35(23)24-12-14-30(48-4)29(43)19-25(24)28/h12,14,17-19,28,47H,8-11,13,15-16,20H2,1-7H3,(H,41,44)(H,42,45)/t28-,39+/m0/s1. The first-order chi connectivity index (χ1) is 24.3. The number of aryl methyl sites for hydroxylation is 1. The number of allylic oxidation sites excluding steroid dienone is 2. The van der Waals surface area contributed by atoms with E-state index in [0.717, 1.165) is 46.3 Å². The number of Topliss-reactive ketones (excluding diaryl/α,β-unsaturated/α-hetero) is 1. The number of methoxy groups -OCH3 is 4. The van der Waals surface area contributed by atoms with Crippen molar-refractivity contribution < 1.29 is 38.4 Å². The van der Waals surface area contributed by atoms with E-state index >= 15 is 0 Å². The van der Waals surface area contributed by atoms with Gasteiger partial charge in [-0.05, 0) is 111 Å². The lowest BCUT2D eigenvalue weighted by molar-refractivity contribution is -0.137. The van der Waals surface area contributed by atoms with Crippen LogP contribution in [0.1, 0.15) is 76.5 Å². The van der Waals surface area contributed by atoms with Crippen LogP contribution in [0, 0.1) is 5.41 Å². The molecule has 51 heavy (non-hydrogen) atoms. The van der Waals surface area contributed by atoms with Crippen LogP contribution < -0.4 is 35.0 Å². The fourth-order valence-electron chi connectivity index (χ4n) is 8.21. The van der Waals surface area contributed by atoms with Crippen LogP contribution in [0.25, 0.3) is 11.1 Å². The highest BCUT2D eigenvalue weighted by Crippen LogP contribution is 2.65. The number of benzene rings is 1. The molecule has 270 valence electrons. The zero-order valence-corrected chi connectivity index (χ0v) is 30.3. The van der Waals surface area contributed by atoms with Crippen LogP contribution in [-0.4, -0.2) is 63.3 Å². The minimum absolute atomic E-state index is 0.105. The van der Waals surface area contributed by atoms with Crippen molar-refractivity contribution in [2.24, 2.45) is 5.41 Å². The quantitative estimate of drug-likeness (QED) is 0.300. The summed E-state index contributed by atoms with van der Waals surface area (Å²) in [5, 5.41) is 17.2. The Labute approximate surface area is 297 Å². The third-order valence-electron chi connectivity index (χ3n) is 11.2. The predicted molar refractivity (Wildman–Crippen MR) is 191 cm³/mol. The van der Waals surface area contributed by atoms with Crippen molar-refractivity contribution in [2.45, 2.75) is 77.4 Å². The van der Waals surface area contributed by atoms with E-state index in [2.05, 4.69) is 10.6 Å². The molecule has 0 heterocycles. The molecule has 2 aromatic carbocycles. The Bertz CT molecular complexity index is 1980. The van der Waals surface area contributed by atoms with Crippen molar-refractivity contribution >= 4 is 17.6 Å². The lowest BCUT2D eigenvalue weighted by Gasteiger charge is -2.39. The van der Waals surface area contributed by atoms with E-state index in [4.69, 9.17) is 18.9 Å². The highest BCUT2D eigenvalue weighted by atomic mass is 16.5. The summed E-state index contributed by atoms with van der Waals surface area (Å²) in [5.41, 5.74) is 4.85. The summed E-state index contributed by atoms with van der Waals surface area (Å²) in [5.74, 6) is 0.838. The fourth-order valence-corrected chi connectivity index (χ4v) is 8.21. The number of hydrogen-bond donors (Lipinski definition) is 3. The van der Waals surface area contributed by atoms with E-state index < -0.39 is 17.1 Å². The molecule has 11 nitrogen and oxygen atoms in total. The molecule has 2 aromatic rings. The van der Waals surface area contributed by atoms with Gasteiger partial charge in [0.05, 0.1) is 34.5 Å². The van der Waals surface area contributed by atoms with Gasteiger partial charge < -0.3 is 34.7 Å². The zero-order valence-electron chi connectivity index (χ0n) is 30.3. The normalized spacial score (nSPS) is 21.2. The Morgan fingerprint density at radius 1 is 0.922 bits per heavy atom. The zero-order chi connectivity index (χ0) is 36.8. The fraction of sp³-hybridized carbons (Fsp3) is 0.450. The second-order valence-corrected chi connectivity index (χ2v) is 14.0. The van der Waals surface area contributed by atoms with E-state index in [-0.39, 0.29) is 48.2 Å². The van der Waals surface area contributed by atoms with E-state index in [9.17, 15) is 24.3 Å². The van der Waals surface area contributed by atoms with E-state index in [0.29, 0.717) is 53.2 Å². The summed E-state index contributed by atoms with van der Waals surface area (Å²) in [7, 11) is 6.07. The first-order valence-corrected chi connectivity index (χ1v) is 17.3. The van der Waals surface area contributed by atoms with Crippen molar-refractivity contribution in [3.63, 3.8) is 0 Å². The topological polar surface area (TPSA) is 149 Å². The monoisotopic (exact) mass is 698 g/mol. The van der Waals surface area contributed by atoms with Gasteiger partial charge in [0.25, 0.3) is 0 Å². The Balaban J connectivity index is 1.14. The molecule has 0 aromatic heterocycles. The molecule has 6 rings (SSSR count). The van der Waals surface area contributed by atoms with Crippen LogP contribution in [-0.2, 0) is 20.8 Å². The van der Waals surface area contributed by atoms with Gasteiger partial charge in [-0.3, -0.25) is 19.2 Å². The van der Waals surface area contributed by atoms with Crippen molar-refractivity contribution in [1.29, 1.82) is 0 Å². The van der Waals surface area contributed by atoms with Gasteiger partial charge in [-0.15, -0.1) is 0 Å². The van der Waals surface area contributed by atoms with Crippen LogP contribution in [0.3, 0.4) is 0 Å². The number of rotatable bonds is 11. The van der Waals surface area contributed by atoms with Gasteiger partial charge in [0.1, 0.15) is 5.60 Å². The van der Waals surface area contributed by atoms with E-state index in [1.807, 2.05) is 26.0 Å². The summed E-state index contributed by atoms with van der Waals surface area (Å²) in [6.45, 7) is 5.77. The summed E-state index contributed by atoms with van der Waals surface area (Å²) in [6.07, 6.45) is 4.94. The number of amides is 2. The molecule has 4 aliphatic carbocycles. The summed E-state index contributed by atoms with van der Waals surface area (Å²) in [4.78, 5) is 52.8. The molecule has 11 heteroatoms. The molecule has 0 unspecified atom stereocenters. The molecule has 0 bridgehead atoms. The molecule has 2 amide bonds. The number of fused-ring (bicyclic) bond motifs is 4. The van der Waals surface area contributed by atoms with Crippen LogP contribution >= 0.6 is 0 Å². The third-order valence-corrected chi connectivity index (χ3v) is 11.2. The number of carbonyl (C=O) groups is 3. The smallest absolute Gasteiger partial charge is 0.220 e. The van der Waals surface area contributed by atoms with Crippen molar-refractivity contribution in [2.75, 3.05) is 35.0 Å². The predicted octanol–water partition coefficient (Wildman–Crippen LogP) is 4.83. The minimum atomic E-state index is -1.43. The maximum absolute atomic E-state index is 13.4. The van der Waals surface area contributed by atoms with Crippen LogP contribution in [0.2, 0.25) is 0 Å². The summed E-state index contributed by atoms with van der Waals surface area (Å²) >= 11 is 0. The number of nitrogens with one attached hydrogen (secondary N) is 2. The minimum Gasteiger partial charge on any atom is -0.493 e. The van der Waals surface area contributed by atoms with Gasteiger partial charge in [0.2, 0.25) is 23.0 Å². The molecular weight excluding hydrogens is 652 g/mol. The molecule has 0 radical (unpaired) electrons. The van der Waals surface area contributed by atoms with Gasteiger partial charge in [-0.2, -0.15) is 0 Å². The van der Waals surface area contributed by atoms with Crippen molar-refractivity contribution in [3.05, 3.63) is 79.6 Å². The highest BCUT2D eigenvalue weighted by Gasteiger charge is 2.65. The molecule has 3 N–H and O–H groups in total. The van der Waals surface area contributed by atoms with Crippen LogP contribution in [0.5, 0.6) is 23.0 Å². The average Bonchev–Trinajstić information content (AvgIpc) is 3.90. The Kier molecular flexibility index (Phi) is 9.63. The molecule has 1 fully saturated rings. The van der Waals surface area contributed by atoms with Gasteiger partial charge in [-0.1, -0.05) is 11.6 Å². The maximum Gasteiger partial charge on any atom is 0.220 e. The van der Waals surface area contributed by atoms with Gasteiger partial charge in [-0.25, -0.2) is 0 Å². The second-order valence-electron chi connectivity index (χ2n) is 14.0. The molecule has 1 saturated carbocycles. The first kappa shape index (κ1) is 35.9. The van der Waals surface area contributed by atoms with Gasteiger partial charge in [0, 0.05) is 35.9 Å². The third kappa shape index (κ3) is 6.01. The SMILES string of the molecule is COc1cc2c(c(OC)c1OC)-c1ccc(OC)c(=O)cc1[C@@H](NC(=O)CCCC(=O)NCC1=C(C)C=C3C(=O)[C@@](C)(O)C4(CC4)C(C)=C31)CC2. The molecule has 0 saturated heterocycles. The number of ketones is 1.